The predicted molar refractivity (Wildman–Crippen MR) is 59.3 cm³/mol. The summed E-state index contributed by atoms with van der Waals surface area (Å²) in [6.45, 7) is 4.06. The van der Waals surface area contributed by atoms with Crippen LogP contribution in [0.3, 0.4) is 0 Å². The Morgan fingerprint density at radius 2 is 2.08 bits per heavy atom. The van der Waals surface area contributed by atoms with Crippen molar-refractivity contribution in [1.29, 1.82) is 0 Å². The first-order valence-electron chi connectivity index (χ1n) is 3.74. The maximum atomic E-state index is 10.5. The van der Waals surface area contributed by atoms with Crippen molar-refractivity contribution in [2.75, 3.05) is 0 Å². The van der Waals surface area contributed by atoms with Crippen LogP contribution in [0.2, 0.25) is 0 Å². The van der Waals surface area contributed by atoms with Gasteiger partial charge in [0.2, 0.25) is 0 Å². The zero-order valence-electron chi connectivity index (χ0n) is 7.18. The van der Waals surface area contributed by atoms with Crippen LogP contribution in [0.4, 0.5) is 4.79 Å². The number of carbonyl (C=O) groups excluding carboxylic acids is 1. The Morgan fingerprint density at radius 1 is 1.54 bits per heavy atom. The van der Waals surface area contributed by atoms with Crippen LogP contribution in [-0.2, 0) is 4.74 Å². The summed E-state index contributed by atoms with van der Waals surface area (Å²) < 4.78 is 5.80. The van der Waals surface area contributed by atoms with Gasteiger partial charge in [-0.15, -0.1) is 0 Å². The molecule has 1 saturated carbocycles. The van der Waals surface area contributed by atoms with Gasteiger partial charge < -0.3 is 4.74 Å². The molecule has 0 amide bonds. The summed E-state index contributed by atoms with van der Waals surface area (Å²) in [5.74, 6) is 0.226. The fourth-order valence-corrected chi connectivity index (χ4v) is 2.06. The number of halogens is 3. The highest BCUT2D eigenvalue weighted by molar-refractivity contribution is 9.28. The molecule has 0 aliphatic heterocycles. The Hall–Kier alpha value is 0.460. The lowest BCUT2D eigenvalue weighted by molar-refractivity contribution is 0.150. The van der Waals surface area contributed by atoms with Gasteiger partial charge in [-0.1, -0.05) is 19.9 Å². The number of rotatable bonds is 2. The molecule has 0 saturated heterocycles. The molecule has 0 spiro atoms. The van der Waals surface area contributed by atoms with E-state index in [1.165, 1.54) is 0 Å². The topological polar surface area (TPSA) is 26.3 Å². The summed E-state index contributed by atoms with van der Waals surface area (Å²) in [5.41, 5.74) is -0.753. The Bertz CT molecular complexity index is 259. The third-order valence-electron chi connectivity index (χ3n) is 2.33. The molecule has 2 nitrogen and oxygen atoms in total. The summed E-state index contributed by atoms with van der Waals surface area (Å²) in [4.78, 5) is 10.5. The van der Waals surface area contributed by atoms with Gasteiger partial charge in [0.15, 0.2) is 0 Å². The molecule has 1 aliphatic carbocycles. The molecule has 0 aromatic rings. The molecular formula is C8H9Br2ClO2. The van der Waals surface area contributed by atoms with E-state index in [-0.39, 0.29) is 17.4 Å². The van der Waals surface area contributed by atoms with Gasteiger partial charge in [0.05, 0.1) is 3.39 Å². The van der Waals surface area contributed by atoms with E-state index in [1.54, 1.807) is 0 Å². The van der Waals surface area contributed by atoms with E-state index >= 15 is 0 Å². The molecule has 74 valence electrons. The van der Waals surface area contributed by atoms with E-state index in [4.69, 9.17) is 16.3 Å². The van der Waals surface area contributed by atoms with Gasteiger partial charge in [0, 0.05) is 22.9 Å². The molecule has 13 heavy (non-hydrogen) atoms. The average molecular weight is 332 g/mol. The lowest BCUT2D eigenvalue weighted by atomic mass is 10.1. The predicted octanol–water partition coefficient (Wildman–Crippen LogP) is 4.02. The Kier molecular flexibility index (Phi) is 3.47. The Morgan fingerprint density at radius 3 is 2.46 bits per heavy atom. The molecule has 2 atom stereocenters. The zero-order chi connectivity index (χ0) is 10.2. The van der Waals surface area contributed by atoms with Crippen molar-refractivity contribution in [1.82, 2.24) is 0 Å². The minimum atomic E-state index is -0.736. The van der Waals surface area contributed by atoms with Crippen LogP contribution in [0.1, 0.15) is 13.8 Å². The smallest absolute Gasteiger partial charge is 0.404 e. The van der Waals surface area contributed by atoms with Crippen LogP contribution in [0.25, 0.3) is 0 Å². The first-order chi connectivity index (χ1) is 5.85. The zero-order valence-corrected chi connectivity index (χ0v) is 11.1. The van der Waals surface area contributed by atoms with Gasteiger partial charge in [-0.05, 0) is 31.9 Å². The van der Waals surface area contributed by atoms with Gasteiger partial charge >= 0.3 is 5.43 Å². The Labute approximate surface area is 98.9 Å². The van der Waals surface area contributed by atoms with Crippen molar-refractivity contribution in [2.45, 2.75) is 20.0 Å². The third-order valence-corrected chi connectivity index (χ3v) is 2.95. The van der Waals surface area contributed by atoms with E-state index in [2.05, 4.69) is 31.9 Å². The summed E-state index contributed by atoms with van der Waals surface area (Å²) >= 11 is 11.7. The molecule has 1 fully saturated rings. The van der Waals surface area contributed by atoms with Crippen molar-refractivity contribution in [2.24, 2.45) is 11.3 Å². The highest BCUT2D eigenvalue weighted by Crippen LogP contribution is 2.56. The molecular weight excluding hydrogens is 323 g/mol. The van der Waals surface area contributed by atoms with Gasteiger partial charge in [-0.3, -0.25) is 0 Å². The second-order valence-electron chi connectivity index (χ2n) is 3.58. The summed E-state index contributed by atoms with van der Waals surface area (Å²) in [5, 5.41) is 0. The van der Waals surface area contributed by atoms with Crippen molar-refractivity contribution >= 4 is 48.9 Å². The summed E-state index contributed by atoms with van der Waals surface area (Å²) in [6, 6.07) is 0. The molecule has 0 heterocycles. The van der Waals surface area contributed by atoms with E-state index in [0.717, 1.165) is 3.39 Å². The maximum Gasteiger partial charge on any atom is 0.404 e. The lowest BCUT2D eigenvalue weighted by Gasteiger charge is -1.99. The normalized spacial score (nSPS) is 29.3. The van der Waals surface area contributed by atoms with Gasteiger partial charge in [0.1, 0.15) is 6.10 Å². The fourth-order valence-electron chi connectivity index (χ4n) is 1.39. The molecule has 5 heteroatoms. The first-order valence-corrected chi connectivity index (χ1v) is 5.71. The molecule has 0 aromatic carbocycles. The second kappa shape index (κ2) is 3.91. The molecule has 1 rings (SSSR count). The second-order valence-corrected chi connectivity index (χ2v) is 6.66. The highest BCUT2D eigenvalue weighted by atomic mass is 79.9. The van der Waals surface area contributed by atoms with Crippen molar-refractivity contribution < 1.29 is 9.53 Å². The number of hydrogen-bond donors (Lipinski definition) is 0. The number of hydrogen-bond acceptors (Lipinski definition) is 2. The monoisotopic (exact) mass is 330 g/mol. The van der Waals surface area contributed by atoms with Crippen LogP contribution in [0, 0.1) is 11.3 Å². The third kappa shape index (κ3) is 2.70. The standard InChI is InChI=1S/C8H9Br2ClO2/c1-8(2)4(3-5(9)10)6(8)13-7(11)12/h3-4,6H,1-2H3/t4?,6-/m1/s1. The highest BCUT2D eigenvalue weighted by Gasteiger charge is 2.59. The van der Waals surface area contributed by atoms with E-state index in [1.807, 2.05) is 19.9 Å². The summed E-state index contributed by atoms with van der Waals surface area (Å²) in [7, 11) is 0. The lowest BCUT2D eigenvalue weighted by Crippen LogP contribution is -2.03. The number of carbonyl (C=O) groups is 1. The quantitative estimate of drug-likeness (QED) is 0.714. The van der Waals surface area contributed by atoms with Gasteiger partial charge in [0.25, 0.3) is 0 Å². The van der Waals surface area contributed by atoms with Crippen molar-refractivity contribution in [3.05, 3.63) is 9.47 Å². The fraction of sp³-hybridized carbons (Fsp3) is 0.625. The van der Waals surface area contributed by atoms with Crippen molar-refractivity contribution in [3.8, 4) is 0 Å². The number of ether oxygens (including phenoxy) is 1. The molecule has 1 aliphatic rings. The summed E-state index contributed by atoms with van der Waals surface area (Å²) in [6.07, 6.45) is 1.85. The van der Waals surface area contributed by atoms with Crippen LogP contribution < -0.4 is 0 Å². The van der Waals surface area contributed by atoms with E-state index in [0.29, 0.717) is 0 Å². The Balaban J connectivity index is 2.61. The molecule has 1 unspecified atom stereocenters. The molecule has 0 bridgehead atoms. The SMILES string of the molecule is CC1(C)C(C=C(Br)Br)[C@H]1OC(=O)Cl. The minimum Gasteiger partial charge on any atom is -0.449 e. The van der Waals surface area contributed by atoms with Gasteiger partial charge in [-0.25, -0.2) is 4.79 Å². The van der Waals surface area contributed by atoms with E-state index in [9.17, 15) is 4.79 Å². The van der Waals surface area contributed by atoms with Crippen LogP contribution in [-0.4, -0.2) is 11.5 Å². The van der Waals surface area contributed by atoms with Crippen LogP contribution in [0.15, 0.2) is 9.47 Å². The molecule has 0 aromatic heterocycles. The maximum absolute atomic E-state index is 10.5. The first kappa shape index (κ1) is 11.5. The molecule has 0 radical (unpaired) electrons. The van der Waals surface area contributed by atoms with Crippen molar-refractivity contribution in [3.63, 3.8) is 0 Å². The van der Waals surface area contributed by atoms with Crippen LogP contribution >= 0.6 is 43.5 Å². The van der Waals surface area contributed by atoms with Gasteiger partial charge in [-0.2, -0.15) is 0 Å². The van der Waals surface area contributed by atoms with E-state index < -0.39 is 5.43 Å². The average Bonchev–Trinajstić information content (AvgIpc) is 2.36. The largest absolute Gasteiger partial charge is 0.449 e. The minimum absolute atomic E-state index is 0.0165. The van der Waals surface area contributed by atoms with Crippen LogP contribution in [0.5, 0.6) is 0 Å². The molecule has 0 N–H and O–H groups in total.